The summed E-state index contributed by atoms with van der Waals surface area (Å²) in [4.78, 5) is 28.9. The molecule has 2 rings (SSSR count). The monoisotopic (exact) mass is 373 g/mol. The summed E-state index contributed by atoms with van der Waals surface area (Å²) >= 11 is 0. The molecule has 1 aliphatic rings. The standard InChI is InChI=1S/C22H35N3O2/c1-3-4-5-6-10-13-21(26)25-15-14-24(17-18(25)2)22(27)20(23)16-19-11-8-7-9-12-19/h7-9,11-12,18,20H,3-6,10,13-17,23H2,1-2H3/t18-,20+/m1/s1. The van der Waals surface area contributed by atoms with Gasteiger partial charge < -0.3 is 15.5 Å². The minimum Gasteiger partial charge on any atom is -0.338 e. The van der Waals surface area contributed by atoms with E-state index in [1.807, 2.05) is 47.1 Å². The highest BCUT2D eigenvalue weighted by molar-refractivity contribution is 5.83. The van der Waals surface area contributed by atoms with Crippen molar-refractivity contribution in [3.63, 3.8) is 0 Å². The molecule has 0 bridgehead atoms. The summed E-state index contributed by atoms with van der Waals surface area (Å²) in [6.45, 7) is 5.98. The number of piperazine rings is 1. The first-order valence-electron chi connectivity index (χ1n) is 10.4. The molecule has 150 valence electrons. The largest absolute Gasteiger partial charge is 0.338 e. The summed E-state index contributed by atoms with van der Waals surface area (Å²) < 4.78 is 0. The van der Waals surface area contributed by atoms with Gasteiger partial charge in [-0.15, -0.1) is 0 Å². The molecule has 1 saturated heterocycles. The maximum atomic E-state index is 12.7. The van der Waals surface area contributed by atoms with Gasteiger partial charge in [-0.3, -0.25) is 9.59 Å². The van der Waals surface area contributed by atoms with Crippen LogP contribution in [0.2, 0.25) is 0 Å². The molecule has 2 atom stereocenters. The lowest BCUT2D eigenvalue weighted by Crippen LogP contribution is -2.58. The van der Waals surface area contributed by atoms with Crippen molar-refractivity contribution in [1.82, 2.24) is 9.80 Å². The van der Waals surface area contributed by atoms with E-state index in [1.165, 1.54) is 19.3 Å². The molecule has 2 N–H and O–H groups in total. The number of unbranched alkanes of at least 4 members (excludes halogenated alkanes) is 4. The van der Waals surface area contributed by atoms with Gasteiger partial charge in [0.2, 0.25) is 11.8 Å². The SMILES string of the molecule is CCCCCCCC(=O)N1CCN(C(=O)[C@@H](N)Cc2ccccc2)C[C@H]1C. The zero-order valence-corrected chi connectivity index (χ0v) is 16.9. The lowest BCUT2D eigenvalue weighted by atomic mass is 10.0. The van der Waals surface area contributed by atoms with Gasteiger partial charge in [0, 0.05) is 32.1 Å². The second-order valence-corrected chi connectivity index (χ2v) is 7.68. The summed E-state index contributed by atoms with van der Waals surface area (Å²) in [7, 11) is 0. The van der Waals surface area contributed by atoms with Gasteiger partial charge in [0.1, 0.15) is 0 Å². The molecule has 1 heterocycles. The summed E-state index contributed by atoms with van der Waals surface area (Å²) in [5.74, 6) is 0.206. The van der Waals surface area contributed by atoms with Crippen molar-refractivity contribution in [2.75, 3.05) is 19.6 Å². The van der Waals surface area contributed by atoms with Gasteiger partial charge in [-0.05, 0) is 25.3 Å². The number of nitrogens with two attached hydrogens (primary N) is 1. The molecule has 5 nitrogen and oxygen atoms in total. The van der Waals surface area contributed by atoms with Crippen LogP contribution >= 0.6 is 0 Å². The fourth-order valence-corrected chi connectivity index (χ4v) is 3.74. The molecule has 1 fully saturated rings. The first kappa shape index (κ1) is 21.4. The molecule has 0 unspecified atom stereocenters. The molecule has 0 aliphatic carbocycles. The second-order valence-electron chi connectivity index (χ2n) is 7.68. The van der Waals surface area contributed by atoms with Crippen molar-refractivity contribution in [3.05, 3.63) is 35.9 Å². The van der Waals surface area contributed by atoms with Gasteiger partial charge in [0.15, 0.2) is 0 Å². The molecule has 0 radical (unpaired) electrons. The second kappa shape index (κ2) is 11.1. The predicted octanol–water partition coefficient (Wildman–Crippen LogP) is 2.98. The highest BCUT2D eigenvalue weighted by Crippen LogP contribution is 2.15. The normalized spacial score (nSPS) is 18.4. The third-order valence-electron chi connectivity index (χ3n) is 5.37. The van der Waals surface area contributed by atoms with E-state index in [0.717, 1.165) is 18.4 Å². The van der Waals surface area contributed by atoms with Gasteiger partial charge in [-0.2, -0.15) is 0 Å². The van der Waals surface area contributed by atoms with Crippen LogP contribution in [-0.2, 0) is 16.0 Å². The summed E-state index contributed by atoms with van der Waals surface area (Å²) in [5, 5.41) is 0. The van der Waals surface area contributed by atoms with E-state index in [2.05, 4.69) is 6.92 Å². The molecule has 1 aromatic rings. The van der Waals surface area contributed by atoms with Crippen LogP contribution < -0.4 is 5.73 Å². The van der Waals surface area contributed by atoms with Crippen LogP contribution in [0.1, 0.15) is 57.9 Å². The van der Waals surface area contributed by atoms with Crippen molar-refractivity contribution in [1.29, 1.82) is 0 Å². The number of amides is 2. The Morgan fingerprint density at radius 2 is 1.81 bits per heavy atom. The predicted molar refractivity (Wildman–Crippen MR) is 109 cm³/mol. The molecule has 0 spiro atoms. The van der Waals surface area contributed by atoms with E-state index in [1.54, 1.807) is 0 Å². The Morgan fingerprint density at radius 1 is 1.11 bits per heavy atom. The van der Waals surface area contributed by atoms with Gasteiger partial charge in [0.05, 0.1) is 6.04 Å². The van der Waals surface area contributed by atoms with E-state index < -0.39 is 6.04 Å². The first-order valence-corrected chi connectivity index (χ1v) is 10.4. The Balaban J connectivity index is 1.77. The maximum Gasteiger partial charge on any atom is 0.239 e. The van der Waals surface area contributed by atoms with Gasteiger partial charge in [0.25, 0.3) is 0 Å². The van der Waals surface area contributed by atoms with Gasteiger partial charge in [-0.25, -0.2) is 0 Å². The fourth-order valence-electron chi connectivity index (χ4n) is 3.74. The number of carbonyl (C=O) groups is 2. The van der Waals surface area contributed by atoms with Crippen LogP contribution in [0.3, 0.4) is 0 Å². The summed E-state index contributed by atoms with van der Waals surface area (Å²) in [5.41, 5.74) is 7.23. The Morgan fingerprint density at radius 3 is 2.48 bits per heavy atom. The number of carbonyl (C=O) groups excluding carboxylic acids is 2. The quantitative estimate of drug-likeness (QED) is 0.677. The molecule has 1 aliphatic heterocycles. The van der Waals surface area contributed by atoms with Crippen molar-refractivity contribution in [3.8, 4) is 0 Å². The lowest BCUT2D eigenvalue weighted by Gasteiger charge is -2.40. The highest BCUT2D eigenvalue weighted by atomic mass is 16.2. The Bertz CT molecular complexity index is 590. The Kier molecular flexibility index (Phi) is 8.79. The molecule has 0 saturated carbocycles. The minimum atomic E-state index is -0.527. The molecule has 0 aromatic heterocycles. The van der Waals surface area contributed by atoms with Crippen molar-refractivity contribution < 1.29 is 9.59 Å². The number of nitrogens with zero attached hydrogens (tertiary/aromatic N) is 2. The molecule has 27 heavy (non-hydrogen) atoms. The van der Waals surface area contributed by atoms with Crippen LogP contribution in [0.25, 0.3) is 0 Å². The van der Waals surface area contributed by atoms with Crippen LogP contribution in [0, 0.1) is 0 Å². The first-order chi connectivity index (χ1) is 13.0. The maximum absolute atomic E-state index is 12.7. The van der Waals surface area contributed by atoms with E-state index in [4.69, 9.17) is 5.73 Å². The van der Waals surface area contributed by atoms with Gasteiger partial charge in [-0.1, -0.05) is 62.9 Å². The zero-order valence-electron chi connectivity index (χ0n) is 16.9. The average molecular weight is 374 g/mol. The van der Waals surface area contributed by atoms with E-state index >= 15 is 0 Å². The van der Waals surface area contributed by atoms with Crippen LogP contribution in [0.4, 0.5) is 0 Å². The number of rotatable bonds is 9. The fraction of sp³-hybridized carbons (Fsp3) is 0.636. The smallest absolute Gasteiger partial charge is 0.239 e. The third-order valence-corrected chi connectivity index (χ3v) is 5.37. The Hall–Kier alpha value is -1.88. The lowest BCUT2D eigenvalue weighted by molar-refractivity contribution is -0.143. The molecular weight excluding hydrogens is 338 g/mol. The summed E-state index contributed by atoms with van der Waals surface area (Å²) in [6, 6.07) is 9.39. The highest BCUT2D eigenvalue weighted by Gasteiger charge is 2.31. The summed E-state index contributed by atoms with van der Waals surface area (Å²) in [6.07, 6.45) is 6.93. The van der Waals surface area contributed by atoms with Crippen molar-refractivity contribution >= 4 is 11.8 Å². The number of benzene rings is 1. The number of hydrogen-bond donors (Lipinski definition) is 1. The topological polar surface area (TPSA) is 66.6 Å². The van der Waals surface area contributed by atoms with E-state index in [9.17, 15) is 9.59 Å². The Labute approximate surface area is 163 Å². The molecule has 2 amide bonds. The minimum absolute atomic E-state index is 0.0163. The van der Waals surface area contributed by atoms with Crippen molar-refractivity contribution in [2.24, 2.45) is 5.73 Å². The third kappa shape index (κ3) is 6.65. The molecular formula is C22H35N3O2. The van der Waals surface area contributed by atoms with Crippen LogP contribution in [0.15, 0.2) is 30.3 Å². The average Bonchev–Trinajstić information content (AvgIpc) is 2.67. The van der Waals surface area contributed by atoms with E-state index in [0.29, 0.717) is 32.5 Å². The number of hydrogen-bond acceptors (Lipinski definition) is 3. The molecule has 1 aromatic carbocycles. The van der Waals surface area contributed by atoms with E-state index in [-0.39, 0.29) is 17.9 Å². The van der Waals surface area contributed by atoms with Crippen LogP contribution in [0.5, 0.6) is 0 Å². The zero-order chi connectivity index (χ0) is 19.6. The van der Waals surface area contributed by atoms with Crippen LogP contribution in [-0.4, -0.2) is 53.3 Å². The molecule has 5 heteroatoms. The van der Waals surface area contributed by atoms with Crippen molar-refractivity contribution in [2.45, 2.75) is 70.9 Å². The van der Waals surface area contributed by atoms with Gasteiger partial charge >= 0.3 is 0 Å².